The highest BCUT2D eigenvalue weighted by Crippen LogP contribution is 2.45. The summed E-state index contributed by atoms with van der Waals surface area (Å²) in [6, 6.07) is 71.6. The van der Waals surface area contributed by atoms with E-state index in [0.717, 1.165) is 105 Å². The van der Waals surface area contributed by atoms with Crippen LogP contribution in [-0.4, -0.2) is 5.71 Å². The Morgan fingerprint density at radius 2 is 1.00 bits per heavy atom. The Labute approximate surface area is 369 Å². The third-order valence-corrected chi connectivity index (χ3v) is 13.3. The predicted octanol–water partition coefficient (Wildman–Crippen LogP) is 16.2. The lowest BCUT2D eigenvalue weighted by molar-refractivity contribution is 0.668. The number of hydrogen-bond donors (Lipinski definition) is 1. The molecule has 0 spiro atoms. The highest BCUT2D eigenvalue weighted by Gasteiger charge is 2.26. The Morgan fingerprint density at radius 1 is 0.422 bits per heavy atom. The standard InChI is InChI=1S/C60H40N2O2/c1-36-31-52(42-28-26-38-14-3-5-16-40(38)33-42)61-60(62-59(36)50-21-12-24-55-57(50)48-19-8-10-22-53(48)63-55)47-30-29-46(44-17-6-7-18-45(44)47)51-34-43(41-27-25-37-13-2-4-15-39(37)32-41)35-56-58(51)49-20-9-11-23-54(49)64-56/h2-30,32-35,60,62H,31H2,1H3. The van der Waals surface area contributed by atoms with Crippen LogP contribution in [0.25, 0.3) is 104 Å². The monoisotopic (exact) mass is 820 g/mol. The van der Waals surface area contributed by atoms with Gasteiger partial charge in [0.05, 0.1) is 0 Å². The molecular weight excluding hydrogens is 781 g/mol. The van der Waals surface area contributed by atoms with Crippen molar-refractivity contribution in [2.45, 2.75) is 19.5 Å². The van der Waals surface area contributed by atoms with Crippen LogP contribution < -0.4 is 5.32 Å². The number of nitrogens with zero attached hydrogens (tertiary/aromatic N) is 1. The van der Waals surface area contributed by atoms with Crippen LogP contribution in [0.3, 0.4) is 0 Å². The lowest BCUT2D eigenvalue weighted by atomic mass is 9.89. The van der Waals surface area contributed by atoms with Gasteiger partial charge in [-0.1, -0.05) is 158 Å². The molecule has 4 heteroatoms. The number of furan rings is 2. The molecule has 2 aromatic heterocycles. The molecule has 0 saturated heterocycles. The van der Waals surface area contributed by atoms with Crippen LogP contribution in [0.15, 0.2) is 220 Å². The zero-order valence-corrected chi connectivity index (χ0v) is 35.1. The molecule has 3 heterocycles. The molecule has 1 atom stereocenters. The first-order valence-corrected chi connectivity index (χ1v) is 22.0. The van der Waals surface area contributed by atoms with Gasteiger partial charge in [-0.2, -0.15) is 0 Å². The minimum Gasteiger partial charge on any atom is -0.456 e. The van der Waals surface area contributed by atoms with E-state index in [9.17, 15) is 0 Å². The van der Waals surface area contributed by atoms with E-state index in [4.69, 9.17) is 13.8 Å². The minimum atomic E-state index is -0.403. The minimum absolute atomic E-state index is 0.403. The third-order valence-electron chi connectivity index (χ3n) is 13.3. The summed E-state index contributed by atoms with van der Waals surface area (Å²) in [4.78, 5) is 5.72. The fourth-order valence-electron chi connectivity index (χ4n) is 10.2. The van der Waals surface area contributed by atoms with Crippen LogP contribution in [0.2, 0.25) is 0 Å². The Balaban J connectivity index is 1.03. The van der Waals surface area contributed by atoms with E-state index in [0.29, 0.717) is 6.42 Å². The molecule has 1 aliphatic heterocycles. The van der Waals surface area contributed by atoms with Crippen molar-refractivity contribution in [3.05, 3.63) is 222 Å². The highest BCUT2D eigenvalue weighted by molar-refractivity contribution is 6.17. The molecule has 0 radical (unpaired) electrons. The van der Waals surface area contributed by atoms with Gasteiger partial charge in [-0.3, -0.25) is 4.99 Å². The number of aliphatic imine (C=N–C) groups is 1. The first-order valence-electron chi connectivity index (χ1n) is 22.0. The number of para-hydroxylation sites is 2. The van der Waals surface area contributed by atoms with Gasteiger partial charge in [-0.25, -0.2) is 0 Å². The van der Waals surface area contributed by atoms with Crippen LogP contribution in [0.4, 0.5) is 0 Å². The molecule has 4 nitrogen and oxygen atoms in total. The SMILES string of the molecule is CC1=C(c2cccc3oc4ccccc4c23)NC(c2ccc(-c3cc(-c4ccc5ccccc5c4)cc4oc5ccccc5c34)c3ccccc23)N=C(c2ccc3ccccc3c2)C1. The van der Waals surface area contributed by atoms with Gasteiger partial charge < -0.3 is 14.2 Å². The fraction of sp³-hybridized carbons (Fsp3) is 0.0500. The van der Waals surface area contributed by atoms with E-state index < -0.39 is 6.17 Å². The van der Waals surface area contributed by atoms with Gasteiger partial charge in [-0.05, 0) is 115 Å². The normalized spacial score (nSPS) is 14.6. The summed E-state index contributed by atoms with van der Waals surface area (Å²) < 4.78 is 13.1. The van der Waals surface area contributed by atoms with Crippen molar-refractivity contribution in [1.29, 1.82) is 0 Å². The first-order chi connectivity index (χ1) is 31.6. The number of hydrogen-bond acceptors (Lipinski definition) is 4. The lowest BCUT2D eigenvalue weighted by Gasteiger charge is -2.22. The molecule has 302 valence electrons. The molecule has 10 aromatic carbocycles. The molecule has 1 aliphatic rings. The van der Waals surface area contributed by atoms with Crippen LogP contribution in [-0.2, 0) is 0 Å². The van der Waals surface area contributed by atoms with Gasteiger partial charge in [-0.15, -0.1) is 0 Å². The largest absolute Gasteiger partial charge is 0.456 e. The van der Waals surface area contributed by atoms with E-state index in [1.54, 1.807) is 0 Å². The topological polar surface area (TPSA) is 50.7 Å². The van der Waals surface area contributed by atoms with E-state index in [-0.39, 0.29) is 0 Å². The van der Waals surface area contributed by atoms with Gasteiger partial charge in [0.2, 0.25) is 0 Å². The highest BCUT2D eigenvalue weighted by atomic mass is 16.3. The first kappa shape index (κ1) is 36.4. The van der Waals surface area contributed by atoms with Crippen LogP contribution >= 0.6 is 0 Å². The molecule has 0 fully saturated rings. The summed E-state index contributed by atoms with van der Waals surface area (Å²) in [6.07, 6.45) is 0.284. The van der Waals surface area contributed by atoms with Crippen molar-refractivity contribution in [2.75, 3.05) is 0 Å². The second kappa shape index (κ2) is 14.4. The average Bonchev–Trinajstić information content (AvgIpc) is 3.87. The summed E-state index contributed by atoms with van der Waals surface area (Å²) in [6.45, 7) is 2.24. The molecule has 64 heavy (non-hydrogen) atoms. The van der Waals surface area contributed by atoms with E-state index in [2.05, 4.69) is 200 Å². The second-order valence-electron chi connectivity index (χ2n) is 17.1. The van der Waals surface area contributed by atoms with Crippen molar-refractivity contribution < 1.29 is 8.83 Å². The molecule has 1 N–H and O–H groups in total. The average molecular weight is 821 g/mol. The maximum Gasteiger partial charge on any atom is 0.145 e. The zero-order chi connectivity index (χ0) is 42.3. The number of nitrogens with one attached hydrogen (secondary N) is 1. The van der Waals surface area contributed by atoms with Gasteiger partial charge >= 0.3 is 0 Å². The summed E-state index contributed by atoms with van der Waals surface area (Å²) in [5, 5.41) is 15.6. The van der Waals surface area contributed by atoms with Crippen molar-refractivity contribution in [2.24, 2.45) is 4.99 Å². The molecule has 12 aromatic rings. The van der Waals surface area contributed by atoms with Crippen LogP contribution in [0.1, 0.15) is 36.2 Å². The maximum atomic E-state index is 6.67. The smallest absolute Gasteiger partial charge is 0.145 e. The molecule has 0 bridgehead atoms. The predicted molar refractivity (Wildman–Crippen MR) is 267 cm³/mol. The Morgan fingerprint density at radius 3 is 1.73 bits per heavy atom. The van der Waals surface area contributed by atoms with E-state index in [1.165, 1.54) is 27.1 Å². The Hall–Kier alpha value is -8.21. The summed E-state index contributed by atoms with van der Waals surface area (Å²) in [7, 11) is 0. The summed E-state index contributed by atoms with van der Waals surface area (Å²) >= 11 is 0. The third kappa shape index (κ3) is 5.87. The number of benzene rings is 10. The fourth-order valence-corrected chi connectivity index (χ4v) is 10.2. The van der Waals surface area contributed by atoms with Gasteiger partial charge in [0, 0.05) is 50.5 Å². The molecular formula is C60H40N2O2. The summed E-state index contributed by atoms with van der Waals surface area (Å²) in [5.41, 5.74) is 14.7. The number of allylic oxidation sites excluding steroid dienone is 1. The molecule has 0 aliphatic carbocycles. The van der Waals surface area contributed by atoms with Crippen LogP contribution in [0.5, 0.6) is 0 Å². The van der Waals surface area contributed by atoms with Crippen molar-refractivity contribution >= 4 is 87.6 Å². The van der Waals surface area contributed by atoms with Crippen molar-refractivity contribution in [3.63, 3.8) is 0 Å². The van der Waals surface area contributed by atoms with Gasteiger partial charge in [0.25, 0.3) is 0 Å². The van der Waals surface area contributed by atoms with Gasteiger partial charge in [0.15, 0.2) is 0 Å². The number of fused-ring (bicyclic) bond motifs is 9. The molecule has 13 rings (SSSR count). The maximum absolute atomic E-state index is 6.67. The summed E-state index contributed by atoms with van der Waals surface area (Å²) in [5.74, 6) is 0. The van der Waals surface area contributed by atoms with Gasteiger partial charge in [0.1, 0.15) is 28.5 Å². The van der Waals surface area contributed by atoms with Crippen LogP contribution in [0, 0.1) is 0 Å². The Kier molecular flexibility index (Phi) is 8.22. The van der Waals surface area contributed by atoms with Crippen molar-refractivity contribution in [1.82, 2.24) is 5.32 Å². The second-order valence-corrected chi connectivity index (χ2v) is 17.1. The molecule has 1 unspecified atom stereocenters. The number of rotatable bonds is 5. The van der Waals surface area contributed by atoms with Crippen molar-refractivity contribution in [3.8, 4) is 22.3 Å². The van der Waals surface area contributed by atoms with E-state index >= 15 is 0 Å². The molecule has 0 amide bonds. The lowest BCUT2D eigenvalue weighted by Crippen LogP contribution is -2.19. The van der Waals surface area contributed by atoms with E-state index in [1.807, 2.05) is 12.1 Å². The zero-order valence-electron chi connectivity index (χ0n) is 35.1. The Bertz CT molecular complexity index is 3940. The molecule has 0 saturated carbocycles. The quantitative estimate of drug-likeness (QED) is 0.188.